The summed E-state index contributed by atoms with van der Waals surface area (Å²) in [7, 11) is 0. The Morgan fingerprint density at radius 1 is 1.47 bits per heavy atom. The Bertz CT molecular complexity index is 542. The topological polar surface area (TPSA) is 56.0 Å². The average molecular weight is 269 g/mol. The van der Waals surface area contributed by atoms with Gasteiger partial charge >= 0.3 is 0 Å². The maximum Gasteiger partial charge on any atom is 0.277 e. The van der Waals surface area contributed by atoms with Crippen LogP contribution in [0.4, 0.5) is 0 Å². The van der Waals surface area contributed by atoms with Crippen LogP contribution in [0.25, 0.3) is 0 Å². The molecule has 2 rings (SSSR count). The number of nitrogens with zero attached hydrogens (tertiary/aromatic N) is 2. The Hall–Kier alpha value is -1.33. The molecule has 0 aliphatic rings. The molecule has 1 heterocycles. The van der Waals surface area contributed by atoms with Gasteiger partial charge in [-0.2, -0.15) is 0 Å². The van der Waals surface area contributed by atoms with Gasteiger partial charge < -0.3 is 4.42 Å². The molecule has 0 saturated heterocycles. The van der Waals surface area contributed by atoms with Crippen molar-refractivity contribution < 1.29 is 9.21 Å². The molecule has 0 fully saturated rings. The number of hydrogen-bond acceptors (Lipinski definition) is 5. The Morgan fingerprint density at radius 3 is 2.94 bits per heavy atom. The summed E-state index contributed by atoms with van der Waals surface area (Å²) in [6.45, 7) is 1.70. The number of aromatic nitrogens is 2. The molecule has 88 valence electrons. The average Bonchev–Trinajstić information content (AvgIpc) is 2.72. The molecule has 0 N–H and O–H groups in total. The van der Waals surface area contributed by atoms with Crippen molar-refractivity contribution in [3.8, 4) is 0 Å². The maximum atomic E-state index is 11.8. The number of ketones is 1. The van der Waals surface area contributed by atoms with E-state index in [0.717, 1.165) is 0 Å². The van der Waals surface area contributed by atoms with Crippen molar-refractivity contribution in [1.82, 2.24) is 10.2 Å². The van der Waals surface area contributed by atoms with Crippen LogP contribution < -0.4 is 0 Å². The fourth-order valence-corrected chi connectivity index (χ4v) is 2.10. The molecule has 6 heteroatoms. The largest absolute Gasteiger partial charge is 0.416 e. The summed E-state index contributed by atoms with van der Waals surface area (Å²) in [6.07, 6.45) is 0. The number of rotatable bonds is 4. The molecule has 4 nitrogen and oxygen atoms in total. The number of benzene rings is 1. The number of carbonyl (C=O) groups excluding carboxylic acids is 1. The SMILES string of the molecule is Cc1nnc(SCC(=O)c2cccc(Cl)c2)o1. The predicted molar refractivity (Wildman–Crippen MR) is 65.5 cm³/mol. The number of thioether (sulfide) groups is 1. The molecule has 0 unspecified atom stereocenters. The molecule has 0 amide bonds. The van der Waals surface area contributed by atoms with Crippen LogP contribution in [-0.4, -0.2) is 21.7 Å². The van der Waals surface area contributed by atoms with Crippen molar-refractivity contribution in [3.63, 3.8) is 0 Å². The highest BCUT2D eigenvalue weighted by molar-refractivity contribution is 7.99. The predicted octanol–water partition coefficient (Wildman–Crippen LogP) is 3.01. The standard InChI is InChI=1S/C11H9ClN2O2S/c1-7-13-14-11(16-7)17-6-10(15)8-3-2-4-9(12)5-8/h2-5H,6H2,1H3. The smallest absolute Gasteiger partial charge is 0.277 e. The van der Waals surface area contributed by atoms with Crippen LogP contribution in [0.2, 0.25) is 5.02 Å². The molecule has 0 atom stereocenters. The normalized spacial score (nSPS) is 10.5. The first-order chi connectivity index (χ1) is 8.15. The summed E-state index contributed by atoms with van der Waals surface area (Å²) in [5.41, 5.74) is 0.584. The number of hydrogen-bond donors (Lipinski definition) is 0. The number of halogens is 1. The molecule has 1 aromatic heterocycles. The van der Waals surface area contributed by atoms with E-state index in [4.69, 9.17) is 16.0 Å². The Balaban J connectivity index is 1.98. The third-order valence-electron chi connectivity index (χ3n) is 1.98. The van der Waals surface area contributed by atoms with Gasteiger partial charge in [0, 0.05) is 17.5 Å². The second-order valence-corrected chi connectivity index (χ2v) is 4.67. The van der Waals surface area contributed by atoms with Crippen LogP contribution in [0.5, 0.6) is 0 Å². The van der Waals surface area contributed by atoms with Crippen molar-refractivity contribution in [2.75, 3.05) is 5.75 Å². The van der Waals surface area contributed by atoms with Crippen LogP contribution in [-0.2, 0) is 0 Å². The van der Waals surface area contributed by atoms with E-state index in [1.807, 2.05) is 0 Å². The minimum absolute atomic E-state index is 0.0200. The number of Topliss-reactive ketones (excluding diaryl/α,β-unsaturated/α-hetero) is 1. The Labute approximate surface area is 107 Å². The summed E-state index contributed by atoms with van der Waals surface area (Å²) in [6, 6.07) is 6.85. The van der Waals surface area contributed by atoms with Gasteiger partial charge in [-0.25, -0.2) is 0 Å². The first-order valence-corrected chi connectivity index (χ1v) is 6.23. The Kier molecular flexibility index (Phi) is 3.81. The van der Waals surface area contributed by atoms with Gasteiger partial charge in [0.25, 0.3) is 5.22 Å². The molecule has 2 aromatic rings. The van der Waals surface area contributed by atoms with Gasteiger partial charge in [-0.3, -0.25) is 4.79 Å². The summed E-state index contributed by atoms with van der Waals surface area (Å²) in [5, 5.41) is 8.43. The van der Waals surface area contributed by atoms with Crippen molar-refractivity contribution in [1.29, 1.82) is 0 Å². The summed E-state index contributed by atoms with van der Waals surface area (Å²) in [4.78, 5) is 11.8. The fraction of sp³-hybridized carbons (Fsp3) is 0.182. The van der Waals surface area contributed by atoms with E-state index in [2.05, 4.69) is 10.2 Å². The molecular weight excluding hydrogens is 260 g/mol. The molecule has 0 aliphatic carbocycles. The highest BCUT2D eigenvalue weighted by atomic mass is 35.5. The summed E-state index contributed by atoms with van der Waals surface area (Å²) in [5.74, 6) is 0.721. The summed E-state index contributed by atoms with van der Waals surface area (Å²) < 4.78 is 5.16. The zero-order chi connectivity index (χ0) is 12.3. The van der Waals surface area contributed by atoms with E-state index in [0.29, 0.717) is 21.7 Å². The molecule has 0 bridgehead atoms. The third kappa shape index (κ3) is 3.31. The van der Waals surface area contributed by atoms with Gasteiger partial charge in [-0.05, 0) is 12.1 Å². The van der Waals surface area contributed by atoms with E-state index in [1.54, 1.807) is 31.2 Å². The minimum Gasteiger partial charge on any atom is -0.416 e. The van der Waals surface area contributed by atoms with Gasteiger partial charge in [-0.15, -0.1) is 10.2 Å². The van der Waals surface area contributed by atoms with Crippen LogP contribution >= 0.6 is 23.4 Å². The van der Waals surface area contributed by atoms with Crippen LogP contribution in [0.3, 0.4) is 0 Å². The van der Waals surface area contributed by atoms with Crippen LogP contribution in [0.15, 0.2) is 33.9 Å². The van der Waals surface area contributed by atoms with Gasteiger partial charge in [0.1, 0.15) is 0 Å². The van der Waals surface area contributed by atoms with E-state index >= 15 is 0 Å². The lowest BCUT2D eigenvalue weighted by molar-refractivity contribution is 0.102. The van der Waals surface area contributed by atoms with Gasteiger partial charge in [0.05, 0.1) is 5.75 Å². The van der Waals surface area contributed by atoms with Crippen molar-refractivity contribution in [2.24, 2.45) is 0 Å². The highest BCUT2D eigenvalue weighted by Crippen LogP contribution is 2.18. The zero-order valence-corrected chi connectivity index (χ0v) is 10.6. The zero-order valence-electron chi connectivity index (χ0n) is 9.01. The second-order valence-electron chi connectivity index (χ2n) is 3.31. The quantitative estimate of drug-likeness (QED) is 0.630. The lowest BCUT2D eigenvalue weighted by Crippen LogP contribution is -2.01. The lowest BCUT2D eigenvalue weighted by Gasteiger charge is -1.99. The van der Waals surface area contributed by atoms with Crippen molar-refractivity contribution in [3.05, 3.63) is 40.7 Å². The van der Waals surface area contributed by atoms with Crippen molar-refractivity contribution >= 4 is 29.1 Å². The monoisotopic (exact) mass is 268 g/mol. The first kappa shape index (κ1) is 12.1. The fourth-order valence-electron chi connectivity index (χ4n) is 1.21. The Morgan fingerprint density at radius 2 is 2.29 bits per heavy atom. The van der Waals surface area contributed by atoms with E-state index in [9.17, 15) is 4.79 Å². The van der Waals surface area contributed by atoms with Crippen LogP contribution in [0, 0.1) is 6.92 Å². The highest BCUT2D eigenvalue weighted by Gasteiger charge is 2.10. The van der Waals surface area contributed by atoms with Gasteiger partial charge in [0.15, 0.2) is 5.78 Å². The maximum absolute atomic E-state index is 11.8. The number of carbonyl (C=O) groups is 1. The van der Waals surface area contributed by atoms with Crippen LogP contribution in [0.1, 0.15) is 16.2 Å². The van der Waals surface area contributed by atoms with E-state index in [1.165, 1.54) is 11.8 Å². The molecule has 0 saturated carbocycles. The molecule has 17 heavy (non-hydrogen) atoms. The second kappa shape index (κ2) is 5.33. The van der Waals surface area contributed by atoms with Gasteiger partial charge in [-0.1, -0.05) is 35.5 Å². The minimum atomic E-state index is -0.0200. The molecule has 0 aliphatic heterocycles. The molecule has 0 radical (unpaired) electrons. The van der Waals surface area contributed by atoms with Crippen molar-refractivity contribution in [2.45, 2.75) is 12.1 Å². The molecule has 1 aromatic carbocycles. The van der Waals surface area contributed by atoms with Gasteiger partial charge in [0.2, 0.25) is 5.89 Å². The van der Waals surface area contributed by atoms with E-state index < -0.39 is 0 Å². The molecular formula is C11H9ClN2O2S. The lowest BCUT2D eigenvalue weighted by atomic mass is 10.1. The van der Waals surface area contributed by atoms with E-state index in [-0.39, 0.29) is 11.5 Å². The number of aryl methyl sites for hydroxylation is 1. The molecule has 0 spiro atoms. The third-order valence-corrected chi connectivity index (χ3v) is 3.03. The summed E-state index contributed by atoms with van der Waals surface area (Å²) >= 11 is 7.03. The first-order valence-electron chi connectivity index (χ1n) is 4.87.